The average molecular weight is 1830 g/mol. The van der Waals surface area contributed by atoms with Crippen LogP contribution in [0.5, 0.6) is 0 Å². The number of aliphatic hydroxyl groups is 1. The second-order valence-corrected chi connectivity index (χ2v) is 35.2. The molecule has 708 valence electrons. The van der Waals surface area contributed by atoms with Gasteiger partial charge in [0, 0.05) is 130 Å². The van der Waals surface area contributed by atoms with Crippen LogP contribution in [0.3, 0.4) is 0 Å². The first-order valence-electron chi connectivity index (χ1n) is 45.1. The van der Waals surface area contributed by atoms with Crippen LogP contribution in [0, 0.1) is 11.8 Å². The number of rotatable bonds is 24. The number of nitrogens with two attached hydrogens (primary N) is 3. The zero-order valence-electron chi connectivity index (χ0n) is 74.7. The number of para-hydroxylation sites is 2. The highest BCUT2D eigenvalue weighted by Crippen LogP contribution is 2.31. The van der Waals surface area contributed by atoms with Crippen LogP contribution in [0.4, 0.5) is 0 Å². The summed E-state index contributed by atoms with van der Waals surface area (Å²) in [6.45, 7) is 5.48. The number of aliphatic hydroxyl groups excluding tert-OH is 1. The zero-order chi connectivity index (χ0) is 94.7. The summed E-state index contributed by atoms with van der Waals surface area (Å²) in [6, 6.07) is 2.83. The molecule has 4 aliphatic heterocycles. The molecule has 0 aliphatic carbocycles. The Morgan fingerprint density at radius 3 is 1.78 bits per heavy atom. The van der Waals surface area contributed by atoms with Gasteiger partial charge in [0.05, 0.1) is 18.6 Å². The van der Waals surface area contributed by atoms with E-state index in [-0.39, 0.29) is 116 Å². The number of fused-ring (bicyclic) bond motifs is 5. The van der Waals surface area contributed by atoms with Gasteiger partial charge in [0.25, 0.3) is 0 Å². The summed E-state index contributed by atoms with van der Waals surface area (Å²) in [4.78, 5) is 257. The molecule has 0 radical (unpaired) electrons. The number of likely N-dealkylation sites (N-methyl/N-ethyl adjacent to an activating group) is 2. The van der Waals surface area contributed by atoms with E-state index in [0.717, 1.165) is 9.80 Å². The minimum Gasteiger partial charge on any atom is -0.481 e. The maximum absolute atomic E-state index is 15.9. The number of Topliss-reactive ketones (excluding diaryl/α,β-unsaturated/α-hetero) is 1. The van der Waals surface area contributed by atoms with E-state index in [9.17, 15) is 58.5 Å². The molecule has 18 N–H and O–H groups in total. The van der Waals surface area contributed by atoms with Gasteiger partial charge in [0.1, 0.15) is 73.0 Å². The number of piperidine rings is 1. The number of nitrogens with one attached hydrogen (secondary N) is 9. The van der Waals surface area contributed by atoms with Crippen molar-refractivity contribution in [3.8, 4) is 0 Å². The highest BCUT2D eigenvalue weighted by Gasteiger charge is 2.47. The Bertz CT molecular complexity index is 4890. The first kappa shape index (κ1) is 102. The number of aromatic nitrogens is 2. The van der Waals surface area contributed by atoms with Crippen molar-refractivity contribution in [1.29, 1.82) is 0 Å². The molecule has 4 saturated heterocycles. The predicted octanol–water partition coefficient (Wildman–Crippen LogP) is 1.62. The molecule has 14 amide bonds. The maximum Gasteiger partial charge on any atom is 0.323 e. The van der Waals surface area contributed by atoms with Crippen molar-refractivity contribution in [2.75, 3.05) is 53.4 Å². The van der Waals surface area contributed by atoms with Crippen LogP contribution in [0.1, 0.15) is 179 Å². The summed E-state index contributed by atoms with van der Waals surface area (Å²) < 4.78 is 1.46. The van der Waals surface area contributed by atoms with Crippen molar-refractivity contribution in [1.82, 2.24) is 76.6 Å². The average Bonchev–Trinajstić information content (AvgIpc) is 1.56. The second kappa shape index (κ2) is 48.7. The fraction of sp³-hybridized carbons (Fsp3) is 0.571. The number of halogens is 1. The van der Waals surface area contributed by atoms with Gasteiger partial charge in [-0.25, -0.2) is 0 Å². The van der Waals surface area contributed by atoms with Gasteiger partial charge in [-0.2, -0.15) is 0 Å². The lowest BCUT2D eigenvalue weighted by molar-refractivity contribution is -0.149. The first-order chi connectivity index (χ1) is 62.0. The van der Waals surface area contributed by atoms with Crippen LogP contribution in [0.2, 0.25) is 5.02 Å². The number of carbonyl (C=O) groups excluding carboxylic acids is 15. The highest BCUT2D eigenvalue weighted by atomic mass is 35.5. The molecule has 2 aromatic heterocycles. The summed E-state index contributed by atoms with van der Waals surface area (Å²) in [5.41, 5.74) is 20.8. The topological polar surface area (TPSA) is 562 Å². The number of H-pyrrole nitrogens is 1. The molecule has 130 heavy (non-hydrogen) atoms. The van der Waals surface area contributed by atoms with Gasteiger partial charge in [-0.15, -0.1) is 0 Å². The van der Waals surface area contributed by atoms with Crippen LogP contribution in [0.25, 0.3) is 21.8 Å². The van der Waals surface area contributed by atoms with Crippen molar-refractivity contribution in [3.05, 3.63) is 107 Å². The quantitative estimate of drug-likeness (QED) is 0.0417. The monoisotopic (exact) mass is 1830 g/mol. The minimum atomic E-state index is -1.79. The molecule has 5 aromatic rings. The van der Waals surface area contributed by atoms with Gasteiger partial charge in [0.15, 0.2) is 5.78 Å². The van der Waals surface area contributed by atoms with E-state index in [1.54, 1.807) is 79.0 Å². The third-order valence-corrected chi connectivity index (χ3v) is 24.9. The molecule has 14 atom stereocenters. The number of hydrogen-bond donors (Lipinski definition) is 15. The van der Waals surface area contributed by atoms with Crippen LogP contribution in [-0.4, -0.2) is 282 Å². The second-order valence-electron chi connectivity index (χ2n) is 34.8. The van der Waals surface area contributed by atoms with Gasteiger partial charge in [0.2, 0.25) is 82.7 Å². The molecule has 39 heteroatoms. The lowest BCUT2D eigenvalue weighted by Gasteiger charge is -2.38. The van der Waals surface area contributed by atoms with Crippen molar-refractivity contribution in [2.24, 2.45) is 29.0 Å². The largest absolute Gasteiger partial charge is 0.481 e. The number of primary amides is 1. The SMILES string of the molecule is CCCC[C@H]1C(=O)N(C)[C@@H](CCCC)C(=O)N[C@@H](CC(C)C)C(=O)NCCCCC(=O)N[C@@H](Cc2ccc(Cl)cc2)C(=O)N2CCCC[C@H]2C(=O)N[C@@H](CC(N)=O)C(=O)N2CCC[C@H]2C(=O)N[C@@H](CN)C(=O)N[C@@H](CCC(=O)O)C(=O)N2C[C@H](O)C[C@H]2C(=O)C[C@@H](Cc2c[nH]c3ccccc23)C(=O)N[C@@H](CCN)C(=O)N[C@@H](Cc2cn(CC(=O)O)c3ccccc23)C(=O)N1C. The molecule has 4 fully saturated rings. The number of carboxylic acid groups (broad SMARTS) is 2. The van der Waals surface area contributed by atoms with Gasteiger partial charge < -0.3 is 109 Å². The number of carboxylic acids is 2. The Morgan fingerprint density at radius 1 is 0.538 bits per heavy atom. The van der Waals surface area contributed by atoms with E-state index in [1.807, 2.05) is 27.7 Å². The standard InChI is InChI=1S/C91H127ClN18O20/c1-7-9-23-70-84(123)101-64(40-52(3)4)81(120)96-37-17-15-28-77(114)98-65(41-53-29-31-57(92)32-30-53)89(128)108-38-18-16-26-71(108)85(124)103-67(46-76(95)113)90(129)109-39-19-27-72(109)86(125)104-68(47-94)83(122)100-63(33-34-78(115)116)88(127)110-50-58(111)45-74(110)75(112)44-54(42-55-48-97-61-22-13-11-20-59(55)61)80(119)99-62(35-36-93)82(121)102-66(87(126)106(6)73(24-10-8-2)91(130)105(70)5)43-56-49-107(51-79(117)118)69-25-14-12-21-60(56)69/h11-14,20-22,25,29-32,48-49,52,54,58,62-68,70-74,97,111H,7-10,15-19,23-24,26-28,33-47,50-51,93-94H2,1-6H3,(H2,95,113)(H,96,120)(H,98,114)(H,99,119)(H,100,122)(H,101,123)(H,102,121)(H,103,124)(H,104,125)(H,115,116)(H,117,118)/t54-,58-,62+,63+,64+,65+,66+,67+,68+,70+,71+,72+,73+,74+/m1/s1. The third-order valence-electron chi connectivity index (χ3n) is 24.6. The third kappa shape index (κ3) is 27.6. The molecule has 3 aromatic carbocycles. The lowest BCUT2D eigenvalue weighted by atomic mass is 9.90. The lowest BCUT2D eigenvalue weighted by Crippen LogP contribution is -2.62. The Morgan fingerprint density at radius 2 is 1.12 bits per heavy atom. The van der Waals surface area contributed by atoms with Gasteiger partial charge in [-0.3, -0.25) is 81.5 Å². The molecule has 0 saturated carbocycles. The van der Waals surface area contributed by atoms with Gasteiger partial charge in [-0.05, 0) is 137 Å². The molecule has 9 rings (SSSR count). The molecule has 4 aliphatic rings. The summed E-state index contributed by atoms with van der Waals surface area (Å²) >= 11 is 6.27. The molecule has 0 unspecified atom stereocenters. The smallest absolute Gasteiger partial charge is 0.323 e. The van der Waals surface area contributed by atoms with E-state index < -0.39 is 237 Å². The van der Waals surface area contributed by atoms with Crippen molar-refractivity contribution >= 4 is 134 Å². The summed E-state index contributed by atoms with van der Waals surface area (Å²) in [5, 5.41) is 55.0. The number of aromatic amines is 1. The fourth-order valence-corrected chi connectivity index (χ4v) is 17.8. The zero-order valence-corrected chi connectivity index (χ0v) is 75.5. The van der Waals surface area contributed by atoms with Crippen LogP contribution in [0.15, 0.2) is 85.2 Å². The van der Waals surface area contributed by atoms with Crippen LogP contribution >= 0.6 is 11.6 Å². The summed E-state index contributed by atoms with van der Waals surface area (Å²) in [6.07, 6.45) is 1.22. The van der Waals surface area contributed by atoms with Crippen LogP contribution < -0.4 is 59.7 Å². The molecule has 38 nitrogen and oxygen atoms in total. The van der Waals surface area contributed by atoms with Gasteiger partial charge in [-0.1, -0.05) is 114 Å². The number of benzene rings is 3. The van der Waals surface area contributed by atoms with E-state index >= 15 is 38.4 Å². The molecular formula is C91H127ClN18O20. The maximum atomic E-state index is 15.9. The van der Waals surface area contributed by atoms with E-state index in [1.165, 1.54) is 39.6 Å². The van der Waals surface area contributed by atoms with E-state index in [0.29, 0.717) is 82.0 Å². The van der Waals surface area contributed by atoms with Crippen molar-refractivity contribution < 1.29 is 96.8 Å². The molecular weight excluding hydrogens is 1700 g/mol. The first-order valence-corrected chi connectivity index (χ1v) is 45.5. The Balaban J connectivity index is 1.08. The number of nitrogens with zero attached hydrogens (tertiary/aromatic N) is 6. The fourth-order valence-electron chi connectivity index (χ4n) is 17.7. The Kier molecular flexibility index (Phi) is 38.1. The molecule has 0 bridgehead atoms. The number of carbonyl (C=O) groups is 17. The number of hydrogen-bond acceptors (Lipinski definition) is 20. The Hall–Kier alpha value is -11.9. The van der Waals surface area contributed by atoms with E-state index in [2.05, 4.69) is 47.5 Å². The summed E-state index contributed by atoms with van der Waals surface area (Å²) in [7, 11) is 2.81. The van der Waals surface area contributed by atoms with Gasteiger partial charge >= 0.3 is 11.9 Å². The molecule has 0 spiro atoms. The number of aliphatic carboxylic acids is 2. The minimum absolute atomic E-state index is 0.0209. The number of unbranched alkanes of at least 4 members (excludes halogenated alkanes) is 2. The normalized spacial score (nSPS) is 25.4. The van der Waals surface area contributed by atoms with E-state index in [4.69, 9.17) is 28.8 Å². The highest BCUT2D eigenvalue weighted by molar-refractivity contribution is 6.30. The van der Waals surface area contributed by atoms with Crippen molar-refractivity contribution in [3.63, 3.8) is 0 Å². The number of amides is 14. The molecule has 6 heterocycles. The predicted molar refractivity (Wildman–Crippen MR) is 479 cm³/mol. The Labute approximate surface area is 759 Å². The van der Waals surface area contributed by atoms with Crippen LogP contribution in [-0.2, 0) is 107 Å². The summed E-state index contributed by atoms with van der Waals surface area (Å²) in [5.74, 6) is -16.7. The number of ketones is 1. The van der Waals surface area contributed by atoms with Crippen molar-refractivity contribution in [2.45, 2.75) is 267 Å².